The fraction of sp³-hybridized carbons (Fsp3) is 0.250. The van der Waals surface area contributed by atoms with E-state index in [4.69, 9.17) is 11.6 Å². The number of piperidine rings is 1. The van der Waals surface area contributed by atoms with Crippen molar-refractivity contribution in [2.24, 2.45) is 17.5 Å². The second-order valence-electron chi connectivity index (χ2n) is 8.11. The highest BCUT2D eigenvalue weighted by Gasteiger charge is 2.33. The van der Waals surface area contributed by atoms with Crippen LogP contribution in [0.2, 0.25) is 0 Å². The Labute approximate surface area is 195 Å². The van der Waals surface area contributed by atoms with E-state index in [1.165, 1.54) is 23.5 Å². The molecule has 3 heterocycles. The van der Waals surface area contributed by atoms with Gasteiger partial charge in [0.25, 0.3) is 11.7 Å². The van der Waals surface area contributed by atoms with Crippen LogP contribution in [-0.4, -0.2) is 39.6 Å². The lowest BCUT2D eigenvalue weighted by atomic mass is 9.81. The van der Waals surface area contributed by atoms with Gasteiger partial charge in [-0.1, -0.05) is 30.3 Å². The molecular weight excluding hydrogens is 437 g/mol. The van der Waals surface area contributed by atoms with Crippen LogP contribution in [0.15, 0.2) is 55.1 Å². The van der Waals surface area contributed by atoms with Gasteiger partial charge in [-0.3, -0.25) is 14.6 Å². The van der Waals surface area contributed by atoms with Crippen LogP contribution < -0.4 is 16.6 Å². The molecule has 5 N–H and O–H groups in total. The third-order valence-corrected chi connectivity index (χ3v) is 6.17. The number of ketones is 1. The number of pyridine rings is 1. The lowest BCUT2D eigenvalue weighted by Gasteiger charge is -2.33. The van der Waals surface area contributed by atoms with E-state index in [0.29, 0.717) is 25.9 Å². The lowest BCUT2D eigenvalue weighted by Crippen LogP contribution is -2.43. The second-order valence-corrected chi connectivity index (χ2v) is 8.11. The Morgan fingerprint density at radius 1 is 1.29 bits per heavy atom. The number of hydrogen-bond donors (Lipinski definition) is 3. The number of nitrogens with zero attached hydrogens (tertiary/aromatic N) is 4. The van der Waals surface area contributed by atoms with Crippen molar-refractivity contribution in [3.63, 3.8) is 0 Å². The maximum absolute atomic E-state index is 14.6. The number of benzene rings is 1. The molecule has 1 atom stereocenters. The molecule has 9 nitrogen and oxygen atoms in total. The van der Waals surface area contributed by atoms with Gasteiger partial charge in [0.2, 0.25) is 0 Å². The van der Waals surface area contributed by atoms with Gasteiger partial charge in [-0.25, -0.2) is 15.2 Å². The molecule has 0 bridgehead atoms. The van der Waals surface area contributed by atoms with Crippen molar-refractivity contribution in [3.8, 4) is 6.07 Å². The van der Waals surface area contributed by atoms with Gasteiger partial charge >= 0.3 is 0 Å². The van der Waals surface area contributed by atoms with Gasteiger partial charge in [0.05, 0.1) is 34.7 Å². The monoisotopic (exact) mass is 461 g/mol. The number of fused-ring (bicyclic) bond motifs is 1. The van der Waals surface area contributed by atoms with E-state index in [9.17, 15) is 19.2 Å². The van der Waals surface area contributed by atoms with Crippen LogP contribution in [0.4, 0.5) is 10.2 Å². The number of hydrogen-bond acceptors (Lipinski definition) is 7. The number of carbonyl (C=O) groups excluding carboxylic acids is 2. The molecule has 1 aliphatic rings. The van der Waals surface area contributed by atoms with Gasteiger partial charge in [0, 0.05) is 31.7 Å². The van der Waals surface area contributed by atoms with Gasteiger partial charge in [0.15, 0.2) is 11.6 Å². The molecule has 10 heteroatoms. The molecule has 0 spiro atoms. The predicted octanol–water partition coefficient (Wildman–Crippen LogP) is 2.54. The van der Waals surface area contributed by atoms with E-state index in [1.54, 1.807) is 0 Å². The Morgan fingerprint density at radius 2 is 2.00 bits per heavy atom. The van der Waals surface area contributed by atoms with Crippen LogP contribution in [-0.2, 0) is 4.79 Å². The SMILES string of the molecule is N#CC(c1ccccc1)C1CCN(C(=O)C(=O)c2c[nH]c3c(N(N)/C=C\N)ncc(F)c23)CC1. The molecule has 174 valence electrons. The second kappa shape index (κ2) is 9.72. The quantitative estimate of drug-likeness (QED) is 0.221. The fourth-order valence-electron chi connectivity index (χ4n) is 4.44. The number of nitrogens with two attached hydrogens (primary N) is 2. The smallest absolute Gasteiger partial charge is 0.295 e. The third-order valence-electron chi connectivity index (χ3n) is 6.17. The molecular formula is C24H24FN7O2. The number of aromatic amines is 1. The number of carbonyl (C=O) groups is 2. The van der Waals surface area contributed by atoms with Crippen LogP contribution >= 0.6 is 0 Å². The molecule has 1 saturated heterocycles. The minimum absolute atomic E-state index is 0.0623. The van der Waals surface area contributed by atoms with Crippen molar-refractivity contribution in [3.05, 3.63) is 72.1 Å². The van der Waals surface area contributed by atoms with Crippen LogP contribution in [0.1, 0.15) is 34.7 Å². The summed E-state index contributed by atoms with van der Waals surface area (Å²) in [4.78, 5) is 34.2. The Balaban J connectivity index is 1.51. The Bertz CT molecular complexity index is 1270. The zero-order valence-corrected chi connectivity index (χ0v) is 18.3. The van der Waals surface area contributed by atoms with Gasteiger partial charge in [-0.2, -0.15) is 5.26 Å². The lowest BCUT2D eigenvalue weighted by molar-refractivity contribution is -0.127. The maximum Gasteiger partial charge on any atom is 0.295 e. The van der Waals surface area contributed by atoms with E-state index in [-0.39, 0.29) is 34.1 Å². The van der Waals surface area contributed by atoms with E-state index in [1.807, 2.05) is 30.3 Å². The molecule has 34 heavy (non-hydrogen) atoms. The van der Waals surface area contributed by atoms with Crippen molar-refractivity contribution < 1.29 is 14.0 Å². The Hall–Kier alpha value is -4.23. The normalized spacial score (nSPS) is 15.4. The molecule has 1 unspecified atom stereocenters. The molecule has 2 aromatic heterocycles. The highest BCUT2D eigenvalue weighted by molar-refractivity contribution is 6.45. The highest BCUT2D eigenvalue weighted by Crippen LogP contribution is 2.33. The summed E-state index contributed by atoms with van der Waals surface area (Å²) in [5, 5.41) is 10.7. The molecule has 4 rings (SSSR count). The van der Waals surface area contributed by atoms with Crippen molar-refractivity contribution in [1.29, 1.82) is 5.26 Å². The molecule has 1 amide bonds. The standard InChI is InChI=1S/C24H24FN7O2/c25-19-14-30-23(32(28)11-8-26)21-20(19)18(13-29-21)22(33)24(34)31-9-6-16(7-10-31)17(12-27)15-4-2-1-3-5-15/h1-5,8,11,13-14,16-17,29H,6-7,9-10,26,28H2/b11-8-. The number of H-pyrrole nitrogens is 1. The molecule has 0 aliphatic carbocycles. The maximum atomic E-state index is 14.6. The average Bonchev–Trinajstić information content (AvgIpc) is 3.31. The molecule has 1 aliphatic heterocycles. The summed E-state index contributed by atoms with van der Waals surface area (Å²) >= 11 is 0. The zero-order chi connectivity index (χ0) is 24.2. The number of rotatable bonds is 6. The minimum Gasteiger partial charge on any atom is -0.403 e. The number of nitriles is 1. The topological polar surface area (TPSA) is 145 Å². The first-order chi connectivity index (χ1) is 16.5. The first kappa shape index (κ1) is 22.9. The zero-order valence-electron chi connectivity index (χ0n) is 18.3. The average molecular weight is 462 g/mol. The Kier molecular flexibility index (Phi) is 6.56. The summed E-state index contributed by atoms with van der Waals surface area (Å²) in [5.74, 6) is 3.52. The van der Waals surface area contributed by atoms with Crippen molar-refractivity contribution in [1.82, 2.24) is 14.9 Å². The first-order valence-corrected chi connectivity index (χ1v) is 10.8. The summed E-state index contributed by atoms with van der Waals surface area (Å²) in [6, 6.07) is 11.9. The first-order valence-electron chi connectivity index (χ1n) is 10.8. The van der Waals surface area contributed by atoms with Crippen molar-refractivity contribution in [2.45, 2.75) is 18.8 Å². The van der Waals surface area contributed by atoms with Crippen LogP contribution in [0, 0.1) is 23.1 Å². The Morgan fingerprint density at radius 3 is 2.65 bits per heavy atom. The number of hydrazine groups is 1. The number of amides is 1. The van der Waals surface area contributed by atoms with Crippen LogP contribution in [0.5, 0.6) is 0 Å². The fourth-order valence-corrected chi connectivity index (χ4v) is 4.44. The number of anilines is 1. The number of nitrogens with one attached hydrogen (secondary N) is 1. The van der Waals surface area contributed by atoms with Crippen LogP contribution in [0.25, 0.3) is 10.9 Å². The predicted molar refractivity (Wildman–Crippen MR) is 124 cm³/mol. The van der Waals surface area contributed by atoms with Gasteiger partial charge in [-0.05, 0) is 24.3 Å². The molecule has 3 aromatic rings. The van der Waals surface area contributed by atoms with E-state index < -0.39 is 17.5 Å². The molecule has 0 saturated carbocycles. The van der Waals surface area contributed by atoms with Crippen molar-refractivity contribution >= 4 is 28.4 Å². The minimum atomic E-state index is -0.821. The highest BCUT2D eigenvalue weighted by atomic mass is 19.1. The van der Waals surface area contributed by atoms with Gasteiger partial charge in [-0.15, -0.1) is 0 Å². The number of Topliss-reactive ketones (excluding diaryl/α,β-unsaturated/α-hetero) is 1. The molecule has 0 radical (unpaired) electrons. The van der Waals surface area contributed by atoms with Gasteiger partial charge < -0.3 is 15.6 Å². The molecule has 1 fully saturated rings. The van der Waals surface area contributed by atoms with E-state index >= 15 is 0 Å². The summed E-state index contributed by atoms with van der Waals surface area (Å²) < 4.78 is 14.6. The van der Waals surface area contributed by atoms with Crippen molar-refractivity contribution in [2.75, 3.05) is 18.1 Å². The third kappa shape index (κ3) is 4.21. The molecule has 1 aromatic carbocycles. The van der Waals surface area contributed by atoms with E-state index in [0.717, 1.165) is 16.8 Å². The summed E-state index contributed by atoms with van der Waals surface area (Å²) in [5.41, 5.74) is 6.38. The number of halogens is 1. The van der Waals surface area contributed by atoms with E-state index in [2.05, 4.69) is 16.0 Å². The summed E-state index contributed by atoms with van der Waals surface area (Å²) in [6.07, 6.45) is 5.92. The summed E-state index contributed by atoms with van der Waals surface area (Å²) in [7, 11) is 0. The largest absolute Gasteiger partial charge is 0.403 e. The summed E-state index contributed by atoms with van der Waals surface area (Å²) in [6.45, 7) is 0.686. The van der Waals surface area contributed by atoms with Crippen LogP contribution in [0.3, 0.4) is 0 Å². The number of likely N-dealkylation sites (tertiary alicyclic amines) is 1. The number of aromatic nitrogens is 2. The van der Waals surface area contributed by atoms with Gasteiger partial charge in [0.1, 0.15) is 0 Å².